The molecule has 0 bridgehead atoms. The van der Waals surface area contributed by atoms with Crippen LogP contribution in [0.15, 0.2) is 4.52 Å². The zero-order chi connectivity index (χ0) is 14.3. The van der Waals surface area contributed by atoms with Crippen molar-refractivity contribution in [3.05, 3.63) is 11.7 Å². The van der Waals surface area contributed by atoms with E-state index in [0.29, 0.717) is 31.2 Å². The SMILES string of the molecule is Cc1noc([C@@H]2CCCN(C(=O)[C@@H]3C[C@@H]3C(=O)O)C2)n1. The van der Waals surface area contributed by atoms with Crippen LogP contribution in [-0.2, 0) is 9.59 Å². The smallest absolute Gasteiger partial charge is 0.307 e. The highest BCUT2D eigenvalue weighted by atomic mass is 16.5. The Balaban J connectivity index is 1.64. The first kappa shape index (κ1) is 13.1. The van der Waals surface area contributed by atoms with Crippen molar-refractivity contribution >= 4 is 11.9 Å². The van der Waals surface area contributed by atoms with Gasteiger partial charge in [-0.15, -0.1) is 0 Å². The fourth-order valence-corrected chi connectivity index (χ4v) is 2.83. The van der Waals surface area contributed by atoms with Gasteiger partial charge in [-0.25, -0.2) is 0 Å². The summed E-state index contributed by atoms with van der Waals surface area (Å²) < 4.78 is 5.17. The van der Waals surface area contributed by atoms with Crippen molar-refractivity contribution < 1.29 is 19.2 Å². The van der Waals surface area contributed by atoms with Gasteiger partial charge in [-0.3, -0.25) is 9.59 Å². The minimum absolute atomic E-state index is 0.0432. The van der Waals surface area contributed by atoms with Crippen LogP contribution in [0.5, 0.6) is 0 Å². The van der Waals surface area contributed by atoms with Crippen LogP contribution in [0, 0.1) is 18.8 Å². The quantitative estimate of drug-likeness (QED) is 0.879. The van der Waals surface area contributed by atoms with Crippen molar-refractivity contribution in [1.29, 1.82) is 0 Å². The van der Waals surface area contributed by atoms with Crippen LogP contribution in [-0.4, -0.2) is 45.1 Å². The largest absolute Gasteiger partial charge is 0.481 e. The van der Waals surface area contributed by atoms with Crippen LogP contribution < -0.4 is 0 Å². The number of piperidine rings is 1. The topological polar surface area (TPSA) is 96.5 Å². The van der Waals surface area contributed by atoms with Gasteiger partial charge in [-0.2, -0.15) is 4.98 Å². The number of hydrogen-bond acceptors (Lipinski definition) is 5. The van der Waals surface area contributed by atoms with Crippen molar-refractivity contribution in [2.75, 3.05) is 13.1 Å². The van der Waals surface area contributed by atoms with Crippen molar-refractivity contribution in [2.24, 2.45) is 11.8 Å². The molecule has 1 aromatic rings. The summed E-state index contributed by atoms with van der Waals surface area (Å²) in [5, 5.41) is 12.7. The molecule has 2 heterocycles. The number of aryl methyl sites for hydroxylation is 1. The van der Waals surface area contributed by atoms with Gasteiger partial charge in [0.15, 0.2) is 5.82 Å². The molecule has 1 aliphatic heterocycles. The molecule has 2 fully saturated rings. The van der Waals surface area contributed by atoms with Gasteiger partial charge in [0, 0.05) is 13.1 Å². The highest BCUT2D eigenvalue weighted by molar-refractivity contribution is 5.89. The second kappa shape index (κ2) is 4.88. The third-order valence-electron chi connectivity index (χ3n) is 4.05. The second-order valence-corrected chi connectivity index (χ2v) is 5.59. The minimum atomic E-state index is -0.871. The zero-order valence-corrected chi connectivity index (χ0v) is 11.3. The molecule has 1 aliphatic carbocycles. The number of aliphatic carboxylic acids is 1. The molecule has 7 heteroatoms. The Kier molecular flexibility index (Phi) is 3.19. The number of nitrogens with zero attached hydrogens (tertiary/aromatic N) is 3. The first-order valence-corrected chi connectivity index (χ1v) is 6.88. The summed E-state index contributed by atoms with van der Waals surface area (Å²) in [4.78, 5) is 29.1. The first-order valence-electron chi connectivity index (χ1n) is 6.88. The Hall–Kier alpha value is -1.92. The standard InChI is InChI=1S/C13H17N3O4/c1-7-14-11(20-15-7)8-3-2-4-16(6-8)12(17)9-5-10(9)13(18)19/h8-10H,2-6H2,1H3,(H,18,19)/t8-,9-,10+/m1/s1. The average molecular weight is 279 g/mol. The molecule has 1 aromatic heterocycles. The maximum atomic E-state index is 12.3. The highest BCUT2D eigenvalue weighted by Gasteiger charge is 2.50. The van der Waals surface area contributed by atoms with Crippen molar-refractivity contribution in [3.63, 3.8) is 0 Å². The maximum absolute atomic E-state index is 12.3. The molecule has 108 valence electrons. The number of carbonyl (C=O) groups excluding carboxylic acids is 1. The molecule has 3 rings (SSSR count). The number of hydrogen-bond donors (Lipinski definition) is 1. The molecule has 0 radical (unpaired) electrons. The Bertz CT molecular complexity index is 541. The van der Waals surface area contributed by atoms with Crippen LogP contribution in [0.25, 0.3) is 0 Å². The Morgan fingerprint density at radius 1 is 1.40 bits per heavy atom. The lowest BCUT2D eigenvalue weighted by Gasteiger charge is -2.31. The number of rotatable bonds is 3. The van der Waals surface area contributed by atoms with Gasteiger partial charge in [-0.1, -0.05) is 5.16 Å². The third kappa shape index (κ3) is 2.39. The maximum Gasteiger partial charge on any atom is 0.307 e. The molecule has 0 unspecified atom stereocenters. The lowest BCUT2D eigenvalue weighted by Crippen LogP contribution is -2.40. The van der Waals surface area contributed by atoms with Gasteiger partial charge in [0.1, 0.15) is 0 Å². The highest BCUT2D eigenvalue weighted by Crippen LogP contribution is 2.41. The van der Waals surface area contributed by atoms with Crippen molar-refractivity contribution in [3.8, 4) is 0 Å². The van der Waals surface area contributed by atoms with Crippen molar-refractivity contribution in [2.45, 2.75) is 32.1 Å². The number of carboxylic acid groups (broad SMARTS) is 1. The van der Waals surface area contributed by atoms with Crippen LogP contribution >= 0.6 is 0 Å². The molecule has 1 saturated carbocycles. The van der Waals surface area contributed by atoms with Gasteiger partial charge < -0.3 is 14.5 Å². The molecule has 1 saturated heterocycles. The third-order valence-corrected chi connectivity index (χ3v) is 4.05. The molecule has 3 atom stereocenters. The summed E-state index contributed by atoms with van der Waals surface area (Å²) in [7, 11) is 0. The van der Waals surface area contributed by atoms with E-state index in [-0.39, 0.29) is 17.7 Å². The van der Waals surface area contributed by atoms with Gasteiger partial charge in [-0.05, 0) is 26.2 Å². The van der Waals surface area contributed by atoms with Crippen LogP contribution in [0.2, 0.25) is 0 Å². The lowest BCUT2D eigenvalue weighted by molar-refractivity contribution is -0.142. The average Bonchev–Trinajstić information content (AvgIpc) is 3.13. The Labute approximate surface area is 115 Å². The molecular formula is C13H17N3O4. The Morgan fingerprint density at radius 2 is 2.20 bits per heavy atom. The molecule has 0 spiro atoms. The molecule has 1 amide bonds. The predicted molar refractivity (Wildman–Crippen MR) is 66.8 cm³/mol. The molecule has 7 nitrogen and oxygen atoms in total. The number of aromatic nitrogens is 2. The molecular weight excluding hydrogens is 262 g/mol. The van der Waals surface area contributed by atoms with Gasteiger partial charge in [0.2, 0.25) is 11.8 Å². The summed E-state index contributed by atoms with van der Waals surface area (Å²) in [6.45, 7) is 3.00. The summed E-state index contributed by atoms with van der Waals surface area (Å²) in [5.74, 6) is -0.509. The molecule has 20 heavy (non-hydrogen) atoms. The van der Waals surface area contributed by atoms with Crippen LogP contribution in [0.4, 0.5) is 0 Å². The van der Waals surface area contributed by atoms with Gasteiger partial charge in [0.25, 0.3) is 0 Å². The van der Waals surface area contributed by atoms with E-state index in [1.165, 1.54) is 0 Å². The number of carboxylic acids is 1. The minimum Gasteiger partial charge on any atom is -0.481 e. The van der Waals surface area contributed by atoms with E-state index in [9.17, 15) is 9.59 Å². The summed E-state index contributed by atoms with van der Waals surface area (Å²) in [6.07, 6.45) is 2.26. The normalized spacial score (nSPS) is 29.2. The van der Waals surface area contributed by atoms with Crippen LogP contribution in [0.3, 0.4) is 0 Å². The number of carbonyl (C=O) groups is 2. The second-order valence-electron chi connectivity index (χ2n) is 5.59. The zero-order valence-electron chi connectivity index (χ0n) is 11.3. The predicted octanol–water partition coefficient (Wildman–Crippen LogP) is 0.805. The molecule has 2 aliphatic rings. The number of likely N-dealkylation sites (tertiary alicyclic amines) is 1. The monoisotopic (exact) mass is 279 g/mol. The van der Waals surface area contributed by atoms with E-state index in [1.54, 1.807) is 11.8 Å². The summed E-state index contributed by atoms with van der Waals surface area (Å²) in [6, 6.07) is 0. The molecule has 1 N–H and O–H groups in total. The summed E-state index contributed by atoms with van der Waals surface area (Å²) in [5.41, 5.74) is 0. The van der Waals surface area contributed by atoms with E-state index in [0.717, 1.165) is 12.8 Å². The van der Waals surface area contributed by atoms with E-state index >= 15 is 0 Å². The summed E-state index contributed by atoms with van der Waals surface area (Å²) >= 11 is 0. The van der Waals surface area contributed by atoms with Crippen molar-refractivity contribution in [1.82, 2.24) is 15.0 Å². The van der Waals surface area contributed by atoms with E-state index in [2.05, 4.69) is 10.1 Å². The first-order chi connectivity index (χ1) is 9.56. The Morgan fingerprint density at radius 3 is 2.80 bits per heavy atom. The fraction of sp³-hybridized carbons (Fsp3) is 0.692. The van der Waals surface area contributed by atoms with Gasteiger partial charge in [0.05, 0.1) is 17.8 Å². The lowest BCUT2D eigenvalue weighted by atomic mass is 9.97. The van der Waals surface area contributed by atoms with Gasteiger partial charge >= 0.3 is 5.97 Å². The molecule has 0 aromatic carbocycles. The fourth-order valence-electron chi connectivity index (χ4n) is 2.83. The van der Waals surface area contributed by atoms with E-state index < -0.39 is 11.9 Å². The van der Waals surface area contributed by atoms with E-state index in [1.807, 2.05) is 0 Å². The van der Waals surface area contributed by atoms with Crippen LogP contribution in [0.1, 0.15) is 36.9 Å². The number of amides is 1. The van der Waals surface area contributed by atoms with E-state index in [4.69, 9.17) is 9.63 Å².